The number of carbonyl (C=O) groups is 2. The molecule has 0 aliphatic heterocycles. The molecule has 0 heterocycles. The summed E-state index contributed by atoms with van der Waals surface area (Å²) < 4.78 is 0. The van der Waals surface area contributed by atoms with Crippen LogP contribution < -0.4 is 10.2 Å². The molecule has 0 atom stereocenters. The van der Waals surface area contributed by atoms with E-state index in [1.807, 2.05) is 13.8 Å². The van der Waals surface area contributed by atoms with E-state index in [2.05, 4.69) is 0 Å². The Balaban J connectivity index is 0.000000921. The van der Waals surface area contributed by atoms with Gasteiger partial charge in [0.1, 0.15) is 0 Å². The van der Waals surface area contributed by atoms with E-state index < -0.39 is 11.9 Å². The standard InChI is InChI=1S/C9H8O4.C2H6/c1-5-2-3-6(8(10)11)7(4-5)9(12)13;1-2/h2-4H,1H3,(H,10,11)(H,12,13);1-2H3/p-2. The van der Waals surface area contributed by atoms with Gasteiger partial charge < -0.3 is 19.8 Å². The molecule has 0 aliphatic rings. The monoisotopic (exact) mass is 208 g/mol. The minimum atomic E-state index is -1.51. The zero-order valence-electron chi connectivity index (χ0n) is 8.87. The van der Waals surface area contributed by atoms with Crippen LogP contribution in [0.2, 0.25) is 0 Å². The highest BCUT2D eigenvalue weighted by Gasteiger charge is 2.03. The number of aryl methyl sites for hydroxylation is 1. The second-order valence-electron chi connectivity index (χ2n) is 2.62. The number of hydrogen-bond donors (Lipinski definition) is 0. The van der Waals surface area contributed by atoms with Crippen LogP contribution in [0.1, 0.15) is 40.1 Å². The highest BCUT2D eigenvalue weighted by atomic mass is 16.4. The Bertz CT molecular complexity index is 369. The molecule has 1 aromatic rings. The van der Waals surface area contributed by atoms with E-state index >= 15 is 0 Å². The van der Waals surface area contributed by atoms with Crippen molar-refractivity contribution in [2.45, 2.75) is 20.8 Å². The summed E-state index contributed by atoms with van der Waals surface area (Å²) in [5.41, 5.74) is -0.0465. The van der Waals surface area contributed by atoms with Crippen LogP contribution in [0.25, 0.3) is 0 Å². The average molecular weight is 208 g/mol. The summed E-state index contributed by atoms with van der Waals surface area (Å²) in [6.45, 7) is 5.66. The Kier molecular flexibility index (Phi) is 5.09. The highest BCUT2D eigenvalue weighted by Crippen LogP contribution is 2.09. The largest absolute Gasteiger partial charge is 0.545 e. The Morgan fingerprint density at radius 1 is 1.00 bits per heavy atom. The Labute approximate surface area is 88.2 Å². The first kappa shape index (κ1) is 13.2. The molecule has 0 fully saturated rings. The molecule has 0 N–H and O–H groups in total. The zero-order valence-corrected chi connectivity index (χ0v) is 8.87. The van der Waals surface area contributed by atoms with E-state index in [4.69, 9.17) is 0 Å². The summed E-state index contributed by atoms with van der Waals surface area (Å²) in [4.78, 5) is 20.9. The van der Waals surface area contributed by atoms with E-state index in [0.717, 1.165) is 0 Å². The molecule has 4 nitrogen and oxygen atoms in total. The van der Waals surface area contributed by atoms with Gasteiger partial charge in [-0.2, -0.15) is 0 Å². The topological polar surface area (TPSA) is 80.3 Å². The lowest BCUT2D eigenvalue weighted by Gasteiger charge is -2.11. The van der Waals surface area contributed by atoms with Gasteiger partial charge in [0.25, 0.3) is 0 Å². The molecule has 0 saturated carbocycles. The van der Waals surface area contributed by atoms with Crippen molar-refractivity contribution in [3.05, 3.63) is 34.9 Å². The van der Waals surface area contributed by atoms with Crippen LogP contribution in [-0.4, -0.2) is 11.9 Å². The number of carboxylic acids is 2. The quantitative estimate of drug-likeness (QED) is 0.671. The van der Waals surface area contributed by atoms with Crippen LogP contribution in [0, 0.1) is 6.92 Å². The Hall–Kier alpha value is -1.84. The summed E-state index contributed by atoms with van der Waals surface area (Å²) >= 11 is 0. The van der Waals surface area contributed by atoms with Crippen LogP contribution in [0.5, 0.6) is 0 Å². The molecule has 82 valence electrons. The third kappa shape index (κ3) is 3.42. The van der Waals surface area contributed by atoms with E-state index in [1.54, 1.807) is 6.92 Å². The van der Waals surface area contributed by atoms with Gasteiger partial charge in [-0.3, -0.25) is 0 Å². The maximum absolute atomic E-state index is 10.5. The SMILES string of the molecule is CC.Cc1ccc(C(=O)[O-])c(C(=O)[O-])c1. The van der Waals surface area contributed by atoms with Crippen molar-refractivity contribution < 1.29 is 19.8 Å². The summed E-state index contributed by atoms with van der Waals surface area (Å²) in [5.74, 6) is -3.03. The summed E-state index contributed by atoms with van der Waals surface area (Å²) in [7, 11) is 0. The van der Waals surface area contributed by atoms with Gasteiger partial charge in [0.05, 0.1) is 11.9 Å². The van der Waals surface area contributed by atoms with Crippen molar-refractivity contribution in [3.63, 3.8) is 0 Å². The fraction of sp³-hybridized carbons (Fsp3) is 0.273. The van der Waals surface area contributed by atoms with Crippen molar-refractivity contribution in [1.29, 1.82) is 0 Å². The lowest BCUT2D eigenvalue weighted by atomic mass is 10.0. The summed E-state index contributed by atoms with van der Waals surface area (Å²) in [6.07, 6.45) is 0. The van der Waals surface area contributed by atoms with Gasteiger partial charge in [-0.1, -0.05) is 31.5 Å². The maximum Gasteiger partial charge on any atom is 0.0722 e. The molecule has 0 saturated heterocycles. The molecular weight excluding hydrogens is 196 g/mol. The molecule has 4 heteroatoms. The van der Waals surface area contributed by atoms with Crippen LogP contribution in [-0.2, 0) is 0 Å². The van der Waals surface area contributed by atoms with Crippen LogP contribution in [0.4, 0.5) is 0 Å². The molecule has 1 aromatic carbocycles. The molecule has 15 heavy (non-hydrogen) atoms. The van der Waals surface area contributed by atoms with Crippen molar-refractivity contribution in [1.82, 2.24) is 0 Å². The van der Waals surface area contributed by atoms with E-state index in [1.165, 1.54) is 18.2 Å². The molecular formula is C11H12O4-2. The normalized spacial score (nSPS) is 8.73. The van der Waals surface area contributed by atoms with Gasteiger partial charge in [0.15, 0.2) is 0 Å². The molecule has 0 amide bonds. The average Bonchev–Trinajstić information content (AvgIpc) is 2.20. The number of benzene rings is 1. The number of aromatic carboxylic acids is 2. The fourth-order valence-corrected chi connectivity index (χ4v) is 1.00. The van der Waals surface area contributed by atoms with Crippen molar-refractivity contribution >= 4 is 11.9 Å². The highest BCUT2D eigenvalue weighted by molar-refractivity contribution is 6.00. The van der Waals surface area contributed by atoms with Crippen molar-refractivity contribution in [2.75, 3.05) is 0 Å². The minimum Gasteiger partial charge on any atom is -0.545 e. The molecule has 0 bridgehead atoms. The lowest BCUT2D eigenvalue weighted by molar-refractivity contribution is -0.259. The van der Waals surface area contributed by atoms with Gasteiger partial charge in [0, 0.05) is 11.1 Å². The Morgan fingerprint density at radius 2 is 1.47 bits per heavy atom. The molecule has 0 aromatic heterocycles. The molecule has 0 spiro atoms. The number of carbonyl (C=O) groups excluding carboxylic acids is 2. The molecule has 1 rings (SSSR count). The van der Waals surface area contributed by atoms with Gasteiger partial charge in [-0.05, 0) is 13.0 Å². The summed E-state index contributed by atoms with van der Waals surface area (Å²) in [6, 6.07) is 3.92. The third-order valence-electron chi connectivity index (χ3n) is 1.61. The fourth-order valence-electron chi connectivity index (χ4n) is 1.00. The number of hydrogen-bond acceptors (Lipinski definition) is 4. The van der Waals surface area contributed by atoms with E-state index in [0.29, 0.717) is 5.56 Å². The Morgan fingerprint density at radius 3 is 1.87 bits per heavy atom. The first-order valence-electron chi connectivity index (χ1n) is 4.55. The van der Waals surface area contributed by atoms with Crippen molar-refractivity contribution in [2.24, 2.45) is 0 Å². The third-order valence-corrected chi connectivity index (χ3v) is 1.61. The van der Waals surface area contributed by atoms with Crippen LogP contribution >= 0.6 is 0 Å². The van der Waals surface area contributed by atoms with Gasteiger partial charge >= 0.3 is 0 Å². The van der Waals surface area contributed by atoms with E-state index in [9.17, 15) is 19.8 Å². The van der Waals surface area contributed by atoms with Gasteiger partial charge in [-0.25, -0.2) is 0 Å². The van der Waals surface area contributed by atoms with Gasteiger partial charge in [0.2, 0.25) is 0 Å². The second kappa shape index (κ2) is 5.80. The zero-order chi connectivity index (χ0) is 12.0. The maximum atomic E-state index is 10.5. The van der Waals surface area contributed by atoms with E-state index in [-0.39, 0.29) is 11.1 Å². The lowest BCUT2D eigenvalue weighted by Crippen LogP contribution is -2.30. The summed E-state index contributed by atoms with van der Waals surface area (Å²) in [5, 5.41) is 20.9. The molecule has 0 aliphatic carbocycles. The first-order chi connectivity index (χ1) is 7.02. The minimum absolute atomic E-state index is 0.347. The van der Waals surface area contributed by atoms with Gasteiger partial charge in [-0.15, -0.1) is 0 Å². The van der Waals surface area contributed by atoms with Crippen LogP contribution in [0.3, 0.4) is 0 Å². The predicted octanol–water partition coefficient (Wildman–Crippen LogP) is -0.252. The van der Waals surface area contributed by atoms with Crippen molar-refractivity contribution in [3.8, 4) is 0 Å². The second-order valence-corrected chi connectivity index (χ2v) is 2.62. The first-order valence-corrected chi connectivity index (χ1v) is 4.55. The van der Waals surface area contributed by atoms with Crippen LogP contribution in [0.15, 0.2) is 18.2 Å². The number of carboxylic acid groups (broad SMARTS) is 2. The predicted molar refractivity (Wildman–Crippen MR) is 51.2 cm³/mol. The molecule has 0 unspecified atom stereocenters. The number of rotatable bonds is 2. The smallest absolute Gasteiger partial charge is 0.0722 e. The molecule has 0 radical (unpaired) electrons.